The standard InChI is InChI=1S/C11H17N3O3S/c1-18(16,17)14-10-5-2-4-9(8-10)13-11(15)6-3-7-12/h2,4-5,8,14H,3,6-7,12H2,1H3,(H,13,15). The van der Waals surface area contributed by atoms with E-state index < -0.39 is 10.0 Å². The molecule has 100 valence electrons. The lowest BCUT2D eigenvalue weighted by Gasteiger charge is -2.08. The normalized spacial score (nSPS) is 11.0. The van der Waals surface area contributed by atoms with Crippen molar-refractivity contribution < 1.29 is 13.2 Å². The molecule has 0 aliphatic rings. The van der Waals surface area contributed by atoms with Crippen LogP contribution in [0.5, 0.6) is 0 Å². The minimum absolute atomic E-state index is 0.142. The number of hydrogen-bond donors (Lipinski definition) is 3. The Balaban J connectivity index is 2.68. The SMILES string of the molecule is CS(=O)(=O)Nc1cccc(NC(=O)CCCN)c1. The summed E-state index contributed by atoms with van der Waals surface area (Å²) >= 11 is 0. The van der Waals surface area contributed by atoms with E-state index in [1.54, 1.807) is 24.3 Å². The molecule has 0 heterocycles. The zero-order valence-electron chi connectivity index (χ0n) is 10.1. The Morgan fingerprint density at radius 3 is 2.61 bits per heavy atom. The van der Waals surface area contributed by atoms with Gasteiger partial charge in [-0.1, -0.05) is 6.07 Å². The quantitative estimate of drug-likeness (QED) is 0.710. The molecule has 0 bridgehead atoms. The van der Waals surface area contributed by atoms with E-state index in [2.05, 4.69) is 10.0 Å². The smallest absolute Gasteiger partial charge is 0.229 e. The fourth-order valence-electron chi connectivity index (χ4n) is 1.36. The summed E-state index contributed by atoms with van der Waals surface area (Å²) in [7, 11) is -3.32. The van der Waals surface area contributed by atoms with Crippen LogP contribution in [0.2, 0.25) is 0 Å². The van der Waals surface area contributed by atoms with Crippen LogP contribution in [0, 0.1) is 0 Å². The molecule has 1 amide bonds. The molecule has 0 aliphatic carbocycles. The van der Waals surface area contributed by atoms with Crippen LogP contribution in [0.3, 0.4) is 0 Å². The Morgan fingerprint density at radius 1 is 1.33 bits per heavy atom. The highest BCUT2D eigenvalue weighted by Crippen LogP contribution is 2.16. The van der Waals surface area contributed by atoms with E-state index in [-0.39, 0.29) is 5.91 Å². The summed E-state index contributed by atoms with van der Waals surface area (Å²) in [6, 6.07) is 6.51. The van der Waals surface area contributed by atoms with Crippen molar-refractivity contribution in [2.24, 2.45) is 5.73 Å². The van der Waals surface area contributed by atoms with Gasteiger partial charge in [-0.2, -0.15) is 0 Å². The third-order valence-electron chi connectivity index (χ3n) is 2.06. The molecule has 1 rings (SSSR count). The number of carbonyl (C=O) groups excluding carboxylic acids is 1. The predicted octanol–water partition coefficient (Wildman–Crippen LogP) is 0.735. The molecule has 0 aromatic heterocycles. The summed E-state index contributed by atoms with van der Waals surface area (Å²) in [5.41, 5.74) is 6.27. The molecule has 4 N–H and O–H groups in total. The van der Waals surface area contributed by atoms with Gasteiger partial charge in [0.2, 0.25) is 15.9 Å². The van der Waals surface area contributed by atoms with Gasteiger partial charge in [0.25, 0.3) is 0 Å². The fraction of sp³-hybridized carbons (Fsp3) is 0.364. The van der Waals surface area contributed by atoms with Crippen LogP contribution in [0.4, 0.5) is 11.4 Å². The molecular weight excluding hydrogens is 254 g/mol. The average Bonchev–Trinajstić information content (AvgIpc) is 2.24. The Kier molecular flexibility index (Phi) is 5.11. The minimum atomic E-state index is -3.32. The first-order valence-electron chi connectivity index (χ1n) is 5.48. The van der Waals surface area contributed by atoms with E-state index in [4.69, 9.17) is 5.73 Å². The first-order chi connectivity index (χ1) is 8.40. The van der Waals surface area contributed by atoms with Crippen molar-refractivity contribution in [3.8, 4) is 0 Å². The van der Waals surface area contributed by atoms with Crippen molar-refractivity contribution in [3.05, 3.63) is 24.3 Å². The number of nitrogens with two attached hydrogens (primary N) is 1. The molecule has 0 spiro atoms. The van der Waals surface area contributed by atoms with Crippen LogP contribution in [-0.2, 0) is 14.8 Å². The van der Waals surface area contributed by atoms with Gasteiger partial charge in [-0.25, -0.2) is 8.42 Å². The van der Waals surface area contributed by atoms with Crippen molar-refractivity contribution in [1.29, 1.82) is 0 Å². The second-order valence-corrected chi connectivity index (χ2v) is 5.64. The molecule has 0 unspecified atom stereocenters. The lowest BCUT2D eigenvalue weighted by atomic mass is 10.2. The molecule has 1 aromatic carbocycles. The number of anilines is 2. The predicted molar refractivity (Wildman–Crippen MR) is 71.8 cm³/mol. The Labute approximate surface area is 107 Å². The number of amides is 1. The molecule has 0 atom stereocenters. The van der Waals surface area contributed by atoms with Crippen LogP contribution in [0.25, 0.3) is 0 Å². The number of hydrogen-bond acceptors (Lipinski definition) is 4. The van der Waals surface area contributed by atoms with E-state index in [0.29, 0.717) is 30.8 Å². The maximum Gasteiger partial charge on any atom is 0.229 e. The molecule has 7 heteroatoms. The van der Waals surface area contributed by atoms with Gasteiger partial charge in [0.05, 0.1) is 11.9 Å². The number of carbonyl (C=O) groups is 1. The van der Waals surface area contributed by atoms with E-state index in [1.807, 2.05) is 0 Å². The third kappa shape index (κ3) is 5.65. The Hall–Kier alpha value is -1.60. The van der Waals surface area contributed by atoms with E-state index in [0.717, 1.165) is 6.26 Å². The molecule has 1 aromatic rings. The van der Waals surface area contributed by atoms with Gasteiger partial charge in [-0.05, 0) is 31.2 Å². The highest BCUT2D eigenvalue weighted by atomic mass is 32.2. The van der Waals surface area contributed by atoms with Gasteiger partial charge < -0.3 is 11.1 Å². The topological polar surface area (TPSA) is 101 Å². The number of rotatable bonds is 6. The number of nitrogens with one attached hydrogen (secondary N) is 2. The zero-order valence-corrected chi connectivity index (χ0v) is 11.0. The Morgan fingerprint density at radius 2 is 2.00 bits per heavy atom. The average molecular weight is 271 g/mol. The first-order valence-corrected chi connectivity index (χ1v) is 7.37. The Bertz CT molecular complexity index is 514. The molecule has 18 heavy (non-hydrogen) atoms. The van der Waals surface area contributed by atoms with Gasteiger partial charge in [0.1, 0.15) is 0 Å². The van der Waals surface area contributed by atoms with E-state index in [9.17, 15) is 13.2 Å². The van der Waals surface area contributed by atoms with Crippen LogP contribution in [-0.4, -0.2) is 27.1 Å². The van der Waals surface area contributed by atoms with Crippen LogP contribution in [0.1, 0.15) is 12.8 Å². The molecule has 0 radical (unpaired) electrons. The van der Waals surface area contributed by atoms with Crippen LogP contribution in [0.15, 0.2) is 24.3 Å². The lowest BCUT2D eigenvalue weighted by molar-refractivity contribution is -0.116. The monoisotopic (exact) mass is 271 g/mol. The van der Waals surface area contributed by atoms with E-state index in [1.165, 1.54) is 0 Å². The summed E-state index contributed by atoms with van der Waals surface area (Å²) in [5.74, 6) is -0.142. The maximum absolute atomic E-state index is 11.5. The first kappa shape index (κ1) is 14.5. The van der Waals surface area contributed by atoms with Crippen molar-refractivity contribution in [1.82, 2.24) is 0 Å². The summed E-state index contributed by atoms with van der Waals surface area (Å²) in [4.78, 5) is 11.5. The van der Waals surface area contributed by atoms with Gasteiger partial charge in [0.15, 0.2) is 0 Å². The van der Waals surface area contributed by atoms with E-state index >= 15 is 0 Å². The minimum Gasteiger partial charge on any atom is -0.330 e. The third-order valence-corrected chi connectivity index (χ3v) is 2.66. The molecule has 0 aliphatic heterocycles. The zero-order chi connectivity index (χ0) is 13.6. The van der Waals surface area contributed by atoms with Crippen LogP contribution >= 0.6 is 0 Å². The molecule has 0 fully saturated rings. The molecule has 0 saturated heterocycles. The molecule has 0 saturated carbocycles. The van der Waals surface area contributed by atoms with Crippen molar-refractivity contribution >= 4 is 27.3 Å². The van der Waals surface area contributed by atoms with Gasteiger partial charge in [-0.15, -0.1) is 0 Å². The van der Waals surface area contributed by atoms with Gasteiger partial charge in [0, 0.05) is 12.1 Å². The van der Waals surface area contributed by atoms with Crippen molar-refractivity contribution in [2.75, 3.05) is 22.8 Å². The summed E-state index contributed by atoms with van der Waals surface area (Å²) < 4.78 is 24.5. The van der Waals surface area contributed by atoms with Crippen molar-refractivity contribution in [2.45, 2.75) is 12.8 Å². The highest BCUT2D eigenvalue weighted by molar-refractivity contribution is 7.92. The maximum atomic E-state index is 11.5. The second kappa shape index (κ2) is 6.36. The summed E-state index contributed by atoms with van der Waals surface area (Å²) in [6.07, 6.45) is 2.03. The van der Waals surface area contributed by atoms with Gasteiger partial charge >= 0.3 is 0 Å². The summed E-state index contributed by atoms with van der Waals surface area (Å²) in [5, 5.41) is 2.67. The lowest BCUT2D eigenvalue weighted by Crippen LogP contribution is -2.14. The molecule has 6 nitrogen and oxygen atoms in total. The largest absolute Gasteiger partial charge is 0.330 e. The van der Waals surface area contributed by atoms with Crippen molar-refractivity contribution in [3.63, 3.8) is 0 Å². The van der Waals surface area contributed by atoms with Gasteiger partial charge in [-0.3, -0.25) is 9.52 Å². The second-order valence-electron chi connectivity index (χ2n) is 3.90. The molecular formula is C11H17N3O3S. The highest BCUT2D eigenvalue weighted by Gasteiger charge is 2.05. The number of sulfonamides is 1. The fourth-order valence-corrected chi connectivity index (χ4v) is 1.92. The number of benzene rings is 1. The van der Waals surface area contributed by atoms with Crippen LogP contribution < -0.4 is 15.8 Å². The summed E-state index contributed by atoms with van der Waals surface area (Å²) in [6.45, 7) is 0.461.